The summed E-state index contributed by atoms with van der Waals surface area (Å²) in [5.41, 5.74) is 22.7. The molecular formula is C104H116N24O8S2. The molecule has 0 unspecified atom stereocenters. The minimum absolute atomic E-state index is 0.131. The number of aromatic nitrogens is 20. The second-order valence-electron chi connectivity index (χ2n) is 38.4. The smallest absolute Gasteiger partial charge is 0.245 e. The summed E-state index contributed by atoms with van der Waals surface area (Å²) in [6.45, 7) is 24.4. The lowest BCUT2D eigenvalue weighted by atomic mass is 9.96. The zero-order chi connectivity index (χ0) is 95.7. The molecule has 138 heavy (non-hydrogen) atoms. The Labute approximate surface area is 808 Å². The van der Waals surface area contributed by atoms with E-state index < -0.39 is 0 Å². The molecule has 4 saturated heterocycles. The highest BCUT2D eigenvalue weighted by molar-refractivity contribution is 7.15. The molecule has 4 fully saturated rings. The van der Waals surface area contributed by atoms with E-state index in [4.69, 9.17) is 59.0 Å². The Bertz CT molecular complexity index is 7020. The highest BCUT2D eigenvalue weighted by Gasteiger charge is 2.42. The number of imidazole rings is 4. The maximum absolute atomic E-state index is 13.0. The van der Waals surface area contributed by atoms with Crippen LogP contribution in [0.5, 0.6) is 0 Å². The van der Waals surface area contributed by atoms with Gasteiger partial charge in [0.1, 0.15) is 58.9 Å². The molecule has 0 bridgehead atoms. The number of hydrogen-bond acceptors (Lipinski definition) is 22. The topological polar surface area (TPSA) is 312 Å². The molecule has 8 aliphatic heterocycles. The monoisotopic (exact) mass is 1890 g/mol. The standard InChI is InChI=1S/2C27H29N5O2S.2C25H29N7O2/c2*1-15-5-6-19-11-21(23-13-28-17(3)35-23)29-12-20(19)24(15)25-22-14-31(4)27(33)16(2)32(22)26(30-25)18-7-9-34-10-8-18;2*1-15-25(33)29(2)14-21-23(27-24(32(15)21)16-7-9-34-10-8-16)17-5-6-20-19(11-17)22(28-31(20)4)18-12-26-30(3)13-18/h2*5-6,11-13,16,18H,7-10,14H2,1-4H3;2*5-6,11-13,15-16H,7-10,14H2,1-4H3/t2*16-;2*15-/m1010/s1. The molecule has 0 saturated carbocycles. The Kier molecular flexibility index (Phi) is 24.5. The second kappa shape index (κ2) is 37.0. The van der Waals surface area contributed by atoms with E-state index in [9.17, 15) is 19.2 Å². The van der Waals surface area contributed by atoms with Crippen molar-refractivity contribution in [2.75, 3.05) is 81.0 Å². The van der Waals surface area contributed by atoms with E-state index in [-0.39, 0.29) is 47.8 Å². The molecule has 0 spiro atoms. The molecular weight excluding hydrogens is 1780 g/mol. The number of ether oxygens (including phenoxy) is 4. The summed E-state index contributed by atoms with van der Waals surface area (Å²) in [7, 11) is 15.3. The molecule has 20 heterocycles. The largest absolute Gasteiger partial charge is 0.381 e. The first-order valence-corrected chi connectivity index (χ1v) is 49.6. The van der Waals surface area contributed by atoms with E-state index in [1.807, 2.05) is 176 Å². The average Bonchev–Trinajstić information content (AvgIpc) is 1.58. The lowest BCUT2D eigenvalue weighted by Crippen LogP contribution is -2.40. The number of likely N-dealkylation sites (N-methyl/N-ethyl adjacent to an activating group) is 4. The van der Waals surface area contributed by atoms with Gasteiger partial charge in [-0.1, -0.05) is 36.4 Å². The Balaban J connectivity index is 0.000000110. The number of pyridine rings is 2. The van der Waals surface area contributed by atoms with Gasteiger partial charge < -0.3 is 56.8 Å². The molecule has 0 radical (unpaired) electrons. The summed E-state index contributed by atoms with van der Waals surface area (Å²) in [6.07, 6.45) is 22.8. The fraction of sp³-hybridized carbons (Fsp3) is 0.423. The molecule has 34 heteroatoms. The molecule has 8 aliphatic rings. The maximum atomic E-state index is 13.0. The molecule has 4 aromatic carbocycles. The number of carbonyl (C=O) groups excluding carboxylic acids is 4. The number of thiazole rings is 2. The Morgan fingerprint density at radius 1 is 0.333 bits per heavy atom. The molecule has 712 valence electrons. The highest BCUT2D eigenvalue weighted by Crippen LogP contribution is 2.48. The summed E-state index contributed by atoms with van der Waals surface area (Å²) in [6, 6.07) is 24.7. The highest BCUT2D eigenvalue weighted by atomic mass is 32.1. The predicted molar refractivity (Wildman–Crippen MR) is 531 cm³/mol. The van der Waals surface area contributed by atoms with Crippen LogP contribution in [0.2, 0.25) is 0 Å². The van der Waals surface area contributed by atoms with E-state index in [0.29, 0.717) is 49.9 Å². The zero-order valence-corrected chi connectivity index (χ0v) is 82.8. The summed E-state index contributed by atoms with van der Waals surface area (Å²) in [5.74, 6) is 5.79. The van der Waals surface area contributed by atoms with Crippen LogP contribution in [-0.2, 0) is 92.5 Å². The van der Waals surface area contributed by atoms with Crippen LogP contribution in [0.1, 0.15) is 194 Å². The molecule has 0 aliphatic carbocycles. The van der Waals surface area contributed by atoms with Crippen molar-refractivity contribution in [3.05, 3.63) is 190 Å². The van der Waals surface area contributed by atoms with Gasteiger partial charge in [-0.25, -0.2) is 29.9 Å². The SMILES string of the molecule is C[C@@H]1C(=O)N(C)Cc2c(-c3ccc4c(c3)c(-c3cnn(C)c3)nn4C)nc(C3CCOCC3)n21.C[C@H]1C(=O)N(C)Cc2c(-c3ccc4c(c3)c(-c3cnn(C)c3)nn4C)nc(C3CCOCC3)n21.Cc1ncc(-c2cc3ccc(C)c(-c4nc(C5CCOCC5)n5c4CN(C)C(=O)[C@@H]5C)c3cn2)s1.Cc1ncc(-c2cc3ccc(C)c(-c4nc(C5CCOCC5)n5c4CN(C)C(=O)[C@H]5C)c3cn2)s1. The van der Waals surface area contributed by atoms with Crippen molar-refractivity contribution in [1.29, 1.82) is 0 Å². The van der Waals surface area contributed by atoms with Gasteiger partial charge in [-0.15, -0.1) is 22.7 Å². The van der Waals surface area contributed by atoms with Crippen molar-refractivity contribution in [2.24, 2.45) is 28.2 Å². The van der Waals surface area contributed by atoms with Gasteiger partial charge in [-0.3, -0.25) is 47.9 Å². The van der Waals surface area contributed by atoms with Gasteiger partial charge in [0.2, 0.25) is 23.6 Å². The number of nitrogens with zero attached hydrogens (tertiary/aromatic N) is 24. The van der Waals surface area contributed by atoms with E-state index >= 15 is 0 Å². The van der Waals surface area contributed by atoms with E-state index in [1.165, 1.54) is 0 Å². The fourth-order valence-corrected chi connectivity index (χ4v) is 23.4. The molecule has 12 aromatic heterocycles. The maximum Gasteiger partial charge on any atom is 0.245 e. The third-order valence-corrected chi connectivity index (χ3v) is 31.0. The first kappa shape index (κ1) is 91.3. The van der Waals surface area contributed by atoms with Crippen molar-refractivity contribution in [2.45, 2.75) is 181 Å². The quantitative estimate of drug-likeness (QED) is 0.110. The Morgan fingerprint density at radius 3 is 0.942 bits per heavy atom. The van der Waals surface area contributed by atoms with Gasteiger partial charge in [0.05, 0.1) is 126 Å². The number of carbonyl (C=O) groups is 4. The summed E-state index contributed by atoms with van der Waals surface area (Å²) in [4.78, 5) is 101. The van der Waals surface area contributed by atoms with Crippen molar-refractivity contribution in [3.63, 3.8) is 0 Å². The van der Waals surface area contributed by atoms with Crippen LogP contribution in [0.3, 0.4) is 0 Å². The molecule has 32 nitrogen and oxygen atoms in total. The van der Waals surface area contributed by atoms with E-state index in [2.05, 4.69) is 125 Å². The molecule has 0 N–H and O–H groups in total. The minimum atomic E-state index is -0.266. The molecule has 4 amide bonds. The van der Waals surface area contributed by atoms with Gasteiger partial charge in [0.15, 0.2) is 0 Å². The first-order valence-electron chi connectivity index (χ1n) is 48.0. The predicted octanol–water partition coefficient (Wildman–Crippen LogP) is 17.1. The first-order chi connectivity index (χ1) is 66.7. The van der Waals surface area contributed by atoms with E-state index in [0.717, 1.165) is 303 Å². The Hall–Kier alpha value is -13.1. The number of rotatable bonds is 12. The minimum Gasteiger partial charge on any atom is -0.381 e. The molecule has 16 aromatic rings. The lowest BCUT2D eigenvalue weighted by molar-refractivity contribution is -0.136. The van der Waals surface area contributed by atoms with Gasteiger partial charge in [-0.2, -0.15) is 20.4 Å². The summed E-state index contributed by atoms with van der Waals surface area (Å²) in [5, 5.41) is 26.8. The van der Waals surface area contributed by atoms with Crippen molar-refractivity contribution >= 4 is 89.7 Å². The van der Waals surface area contributed by atoms with Gasteiger partial charge in [-0.05, 0) is 165 Å². The number of aryl methyl sites for hydroxylation is 8. The third-order valence-electron chi connectivity index (χ3n) is 29.2. The van der Waals surface area contributed by atoms with Crippen molar-refractivity contribution < 1.29 is 38.1 Å². The van der Waals surface area contributed by atoms with E-state index in [1.54, 1.807) is 32.0 Å². The average molecular weight is 1890 g/mol. The zero-order valence-electron chi connectivity index (χ0n) is 81.1. The number of hydrogen-bond donors (Lipinski definition) is 0. The van der Waals surface area contributed by atoms with Crippen LogP contribution in [0, 0.1) is 27.7 Å². The van der Waals surface area contributed by atoms with Crippen LogP contribution in [0.4, 0.5) is 0 Å². The van der Waals surface area contributed by atoms with Crippen LogP contribution < -0.4 is 0 Å². The molecule has 4 atom stereocenters. The van der Waals surface area contributed by atoms with Crippen molar-refractivity contribution in [3.8, 4) is 88.7 Å². The van der Waals surface area contributed by atoms with Crippen LogP contribution in [0.15, 0.2) is 122 Å². The van der Waals surface area contributed by atoms with Crippen LogP contribution in [-0.4, -0.2) is 222 Å². The Morgan fingerprint density at radius 2 is 0.645 bits per heavy atom. The normalized spacial score (nSPS) is 19.1. The molecule has 24 rings (SSSR count). The van der Waals surface area contributed by atoms with Gasteiger partial charge >= 0.3 is 0 Å². The van der Waals surface area contributed by atoms with Crippen LogP contribution >= 0.6 is 22.7 Å². The summed E-state index contributed by atoms with van der Waals surface area (Å²) < 4.78 is 38.7. The number of fused-ring (bicyclic) bond motifs is 8. The third kappa shape index (κ3) is 16.5. The lowest BCUT2D eigenvalue weighted by Gasteiger charge is -2.33. The van der Waals surface area contributed by atoms with Gasteiger partial charge in [0.25, 0.3) is 0 Å². The second-order valence-corrected chi connectivity index (χ2v) is 40.8. The summed E-state index contributed by atoms with van der Waals surface area (Å²) >= 11 is 3.31. The number of benzene rings is 4. The van der Waals surface area contributed by atoms with Crippen LogP contribution in [0.25, 0.3) is 132 Å². The number of amides is 4. The van der Waals surface area contributed by atoms with Crippen molar-refractivity contribution in [1.82, 2.24) is 117 Å². The van der Waals surface area contributed by atoms with Gasteiger partial charge in [0, 0.05) is 225 Å². The fourth-order valence-electron chi connectivity index (χ4n) is 21.9.